The van der Waals surface area contributed by atoms with Crippen LogP contribution < -0.4 is 9.46 Å². The number of carbonyl (C=O) groups is 1. The van der Waals surface area contributed by atoms with Gasteiger partial charge in [0.2, 0.25) is 0 Å². The highest BCUT2D eigenvalue weighted by Gasteiger charge is 2.15. The zero-order valence-corrected chi connectivity index (χ0v) is 12.6. The molecule has 1 rings (SSSR count). The van der Waals surface area contributed by atoms with Gasteiger partial charge in [0.05, 0.1) is 22.5 Å². The van der Waals surface area contributed by atoms with Gasteiger partial charge in [0.15, 0.2) is 0 Å². The van der Waals surface area contributed by atoms with Crippen LogP contribution >= 0.6 is 0 Å². The summed E-state index contributed by atoms with van der Waals surface area (Å²) in [5.41, 5.74) is -0.0542. The van der Waals surface area contributed by atoms with Crippen LogP contribution in [-0.4, -0.2) is 43.3 Å². The van der Waals surface area contributed by atoms with E-state index in [0.29, 0.717) is 0 Å². The van der Waals surface area contributed by atoms with E-state index in [-0.39, 0.29) is 17.0 Å². The summed E-state index contributed by atoms with van der Waals surface area (Å²) >= 11 is 0. The van der Waals surface area contributed by atoms with Crippen LogP contribution in [0.4, 0.5) is 5.69 Å². The molecule has 1 aromatic rings. The number of ether oxygens (including phenoxy) is 1. The summed E-state index contributed by atoms with van der Waals surface area (Å²) in [4.78, 5) is 10.9. The smallest absolute Gasteiger partial charge is 0.350 e. The highest BCUT2D eigenvalue weighted by atomic mass is 32.3. The molecular weight excluding hydrogens is 308 g/mol. The van der Waals surface area contributed by atoms with Gasteiger partial charge in [0.25, 0.3) is 0 Å². The maximum absolute atomic E-state index is 11.6. The third-order valence-corrected chi connectivity index (χ3v) is 4.67. The molecule has 0 amide bonds. The summed E-state index contributed by atoms with van der Waals surface area (Å²) in [5.74, 6) is -1.21. The lowest BCUT2D eigenvalue weighted by atomic mass is 10.2. The third-order valence-electron chi connectivity index (χ3n) is 1.96. The fourth-order valence-corrected chi connectivity index (χ4v) is 3.80. The van der Waals surface area contributed by atoms with Crippen molar-refractivity contribution < 1.29 is 27.3 Å². The Balaban J connectivity index is 3.19. The van der Waals surface area contributed by atoms with Gasteiger partial charge in [-0.2, -0.15) is 8.42 Å². The van der Waals surface area contributed by atoms with E-state index in [1.54, 1.807) is 0 Å². The highest BCUT2D eigenvalue weighted by molar-refractivity contribution is 8.03. The highest BCUT2D eigenvalue weighted by Crippen LogP contribution is 2.24. The molecule has 0 bridgehead atoms. The van der Waals surface area contributed by atoms with Crippen LogP contribution in [-0.2, 0) is 19.9 Å². The quantitative estimate of drug-likeness (QED) is 0.826. The fourth-order valence-electron chi connectivity index (χ4n) is 1.34. The van der Waals surface area contributed by atoms with Gasteiger partial charge in [0, 0.05) is 18.6 Å². The van der Waals surface area contributed by atoms with Gasteiger partial charge in [0.1, 0.15) is 11.3 Å². The minimum Gasteiger partial charge on any atom is -0.496 e. The summed E-state index contributed by atoms with van der Waals surface area (Å²) in [6, 6.07) is 3.63. The lowest BCUT2D eigenvalue weighted by molar-refractivity contribution is 0.0693. The van der Waals surface area contributed by atoms with Gasteiger partial charge in [-0.1, -0.05) is 3.77 Å². The fraction of sp³-hybridized carbons (Fsp3) is 0.300. The maximum atomic E-state index is 11.6. The summed E-state index contributed by atoms with van der Waals surface area (Å²) < 4.78 is 44.7. The number of methoxy groups -OCH3 is 1. The second-order valence-corrected chi connectivity index (χ2v) is 8.17. The predicted molar refractivity (Wildman–Crippen MR) is 74.9 cm³/mol. The third kappa shape index (κ3) is 4.70. The predicted octanol–water partition coefficient (Wildman–Crippen LogP) is 0.778. The van der Waals surface area contributed by atoms with Gasteiger partial charge in [-0.3, -0.25) is 4.72 Å². The van der Waals surface area contributed by atoms with E-state index in [4.69, 9.17) is 9.84 Å². The molecule has 10 heteroatoms. The molecule has 0 saturated heterocycles. The number of nitrogens with zero attached hydrogens (tertiary/aromatic N) is 1. The number of carboxylic acids is 1. The van der Waals surface area contributed by atoms with E-state index in [2.05, 4.69) is 8.49 Å². The average molecular weight is 322 g/mol. The number of benzene rings is 1. The second-order valence-electron chi connectivity index (χ2n) is 4.05. The zero-order chi connectivity index (χ0) is 15.6. The maximum Gasteiger partial charge on any atom is 0.350 e. The van der Waals surface area contributed by atoms with Crippen molar-refractivity contribution in [1.82, 2.24) is 0 Å². The topological polar surface area (TPSA) is 122 Å². The Labute approximate surface area is 117 Å². The Morgan fingerprint density at radius 1 is 1.30 bits per heavy atom. The monoisotopic (exact) mass is 322 g/mol. The molecule has 0 heterocycles. The number of rotatable bonds is 5. The molecule has 0 atom stereocenters. The van der Waals surface area contributed by atoms with Crippen LogP contribution in [0.3, 0.4) is 0 Å². The first-order valence-electron chi connectivity index (χ1n) is 5.16. The van der Waals surface area contributed by atoms with Gasteiger partial charge in [-0.05, 0) is 12.1 Å². The molecule has 1 aromatic carbocycles. The van der Waals surface area contributed by atoms with Crippen LogP contribution in [0.5, 0.6) is 5.75 Å². The van der Waals surface area contributed by atoms with Crippen molar-refractivity contribution in [2.75, 3.05) is 24.3 Å². The largest absolute Gasteiger partial charge is 0.496 e. The zero-order valence-electron chi connectivity index (χ0n) is 11.0. The summed E-state index contributed by atoms with van der Waals surface area (Å²) in [6.45, 7) is 0. The minimum absolute atomic E-state index is 0.00793. The van der Waals surface area contributed by atoms with E-state index in [0.717, 1.165) is 0 Å². The summed E-state index contributed by atoms with van der Waals surface area (Å²) in [5, 5.41) is 8.90. The molecule has 0 aliphatic heterocycles. The number of nitrogens with one attached hydrogen (secondary N) is 1. The molecule has 0 fully saturated rings. The van der Waals surface area contributed by atoms with E-state index in [1.807, 2.05) is 0 Å². The molecule has 0 unspecified atom stereocenters. The minimum atomic E-state index is -4.15. The molecule has 0 spiro atoms. The summed E-state index contributed by atoms with van der Waals surface area (Å²) in [6.07, 6.45) is 2.36. The Hall–Kier alpha value is -1.81. The molecular formula is C10H14N2O6S2. The van der Waals surface area contributed by atoms with E-state index in [9.17, 15) is 17.4 Å². The number of anilines is 1. The molecule has 20 heavy (non-hydrogen) atoms. The molecule has 2 N–H and O–H groups in total. The van der Waals surface area contributed by atoms with Gasteiger partial charge in [-0.25, -0.2) is 9.00 Å². The van der Waals surface area contributed by atoms with Gasteiger partial charge < -0.3 is 9.84 Å². The Bertz CT molecular complexity index is 739. The normalized spacial score (nSPS) is 11.8. The van der Waals surface area contributed by atoms with Crippen molar-refractivity contribution in [1.29, 1.82) is 0 Å². The molecule has 0 aliphatic carbocycles. The lowest BCUT2D eigenvalue weighted by Gasteiger charge is -2.09. The van der Waals surface area contributed by atoms with Crippen LogP contribution in [0.25, 0.3) is 0 Å². The van der Waals surface area contributed by atoms with Crippen molar-refractivity contribution in [3.8, 4) is 5.75 Å². The van der Waals surface area contributed by atoms with E-state index < -0.39 is 25.9 Å². The number of hydrogen-bond donors (Lipinski definition) is 2. The Morgan fingerprint density at radius 3 is 2.35 bits per heavy atom. The number of hydrogen-bond acceptors (Lipinski definition) is 5. The number of carboxylic acid groups (broad SMARTS) is 1. The summed E-state index contributed by atoms with van der Waals surface area (Å²) in [7, 11) is -5.73. The molecule has 112 valence electrons. The Morgan fingerprint density at radius 2 is 1.90 bits per heavy atom. The standard InChI is InChI=1S/C10H14N2O6S2/c1-18-9-6-7(4-5-8(9)10(13)14)11-20(16,17)12-19(2,3)15/h4-6,11H,1-3H3,(H,13,14). The van der Waals surface area contributed by atoms with Crippen LogP contribution in [0.2, 0.25) is 0 Å². The first-order valence-corrected chi connectivity index (χ1v) is 8.94. The van der Waals surface area contributed by atoms with Crippen molar-refractivity contribution in [3.05, 3.63) is 23.8 Å². The first kappa shape index (κ1) is 16.2. The Kier molecular flexibility index (Phi) is 4.61. The molecule has 0 aromatic heterocycles. The SMILES string of the molecule is COc1cc(NS(=O)(=O)N=S(C)(C)=O)ccc1C(=O)O. The van der Waals surface area contributed by atoms with Crippen LogP contribution in [0.1, 0.15) is 10.4 Å². The second kappa shape index (κ2) is 5.67. The van der Waals surface area contributed by atoms with Crippen molar-refractivity contribution in [2.24, 2.45) is 3.77 Å². The molecule has 8 nitrogen and oxygen atoms in total. The van der Waals surface area contributed by atoms with Gasteiger partial charge >= 0.3 is 16.2 Å². The van der Waals surface area contributed by atoms with E-state index in [1.165, 1.54) is 37.8 Å². The van der Waals surface area contributed by atoms with Gasteiger partial charge in [-0.15, -0.1) is 0 Å². The lowest BCUT2D eigenvalue weighted by Crippen LogP contribution is -2.12. The van der Waals surface area contributed by atoms with Crippen LogP contribution in [0, 0.1) is 0 Å². The van der Waals surface area contributed by atoms with Crippen molar-refractivity contribution >= 4 is 31.6 Å². The number of aromatic carboxylic acids is 1. The molecule has 0 saturated carbocycles. The van der Waals surface area contributed by atoms with E-state index >= 15 is 0 Å². The van der Waals surface area contributed by atoms with Crippen LogP contribution in [0.15, 0.2) is 22.0 Å². The van der Waals surface area contributed by atoms with Crippen molar-refractivity contribution in [2.45, 2.75) is 0 Å². The average Bonchev–Trinajstić information content (AvgIpc) is 2.24. The molecule has 0 radical (unpaired) electrons. The van der Waals surface area contributed by atoms with Crippen molar-refractivity contribution in [3.63, 3.8) is 0 Å². The molecule has 0 aliphatic rings. The first-order chi connectivity index (χ1) is 9.04.